The molecule has 0 aromatic carbocycles. The first-order valence-corrected chi connectivity index (χ1v) is 4.57. The molecule has 0 fully saturated rings. The fourth-order valence-electron chi connectivity index (χ4n) is 0.941. The predicted molar refractivity (Wildman–Crippen MR) is 42.1 cm³/mol. The van der Waals surface area contributed by atoms with Gasteiger partial charge in [0.15, 0.2) is 0 Å². The van der Waals surface area contributed by atoms with Crippen LogP contribution in [0.4, 0.5) is 57.1 Å². The summed E-state index contributed by atoms with van der Waals surface area (Å²) in [6.07, 6.45) is -13.9. The van der Waals surface area contributed by atoms with Gasteiger partial charge < -0.3 is 4.74 Å². The Bertz CT molecular complexity index is 444. The Labute approximate surface area is 112 Å². The van der Waals surface area contributed by atoms with Crippen molar-refractivity contribution in [3.05, 3.63) is 11.7 Å². The predicted octanol–water partition coefficient (Wildman–Crippen LogP) is 4.84. The Morgan fingerprint density at radius 1 is 0.636 bits per heavy atom. The van der Waals surface area contributed by atoms with Crippen LogP contribution in [0.2, 0.25) is 0 Å². The lowest BCUT2D eigenvalue weighted by Gasteiger charge is -2.32. The Balaban J connectivity index is 6.34. The molecule has 0 spiro atoms. The molecule has 1 atom stereocenters. The lowest BCUT2D eigenvalue weighted by molar-refractivity contribution is -0.371. The van der Waals surface area contributed by atoms with E-state index in [0.717, 1.165) is 0 Å². The maximum Gasteiger partial charge on any atom is 0.460 e. The molecule has 14 heteroatoms. The first-order chi connectivity index (χ1) is 9.38. The highest BCUT2D eigenvalue weighted by molar-refractivity contribution is 5.22. The second-order valence-corrected chi connectivity index (χ2v) is 3.57. The molecule has 0 aromatic rings. The zero-order valence-electron chi connectivity index (χ0n) is 9.82. The molecule has 0 N–H and O–H groups in total. The molecule has 0 radical (unpaired) electrons. The average molecular weight is 362 g/mol. The van der Waals surface area contributed by atoms with Gasteiger partial charge in [-0.1, -0.05) is 0 Å². The van der Waals surface area contributed by atoms with E-state index in [0.29, 0.717) is 0 Å². The van der Waals surface area contributed by atoms with Crippen molar-refractivity contribution in [3.63, 3.8) is 0 Å². The summed E-state index contributed by atoms with van der Waals surface area (Å²) in [7, 11) is -0.432. The van der Waals surface area contributed by atoms with Crippen LogP contribution in [0.15, 0.2) is 11.7 Å². The zero-order valence-corrected chi connectivity index (χ0v) is 9.82. The van der Waals surface area contributed by atoms with Crippen molar-refractivity contribution in [2.24, 2.45) is 0 Å². The first kappa shape index (κ1) is 20.8. The first-order valence-electron chi connectivity index (χ1n) is 4.57. The summed E-state index contributed by atoms with van der Waals surface area (Å²) in [6, 6.07) is 0. The number of halogens is 13. The molecule has 0 saturated heterocycles. The molecule has 0 amide bonds. The van der Waals surface area contributed by atoms with Crippen molar-refractivity contribution in [3.8, 4) is 0 Å². The van der Waals surface area contributed by atoms with E-state index in [2.05, 4.69) is 4.74 Å². The van der Waals surface area contributed by atoms with Gasteiger partial charge >= 0.3 is 30.1 Å². The van der Waals surface area contributed by atoms with Crippen LogP contribution in [0, 0.1) is 0 Å². The van der Waals surface area contributed by atoms with Crippen LogP contribution < -0.4 is 0 Å². The van der Waals surface area contributed by atoms with Crippen LogP contribution in [-0.4, -0.2) is 37.2 Å². The zero-order chi connectivity index (χ0) is 18.4. The van der Waals surface area contributed by atoms with Crippen LogP contribution in [-0.2, 0) is 4.74 Å². The SMILES string of the molecule is CO[C@](F)(/C(F)=C(\F)C(F)(F)C(F)(F)F)C(F)(F)C(F)(F)F. The Morgan fingerprint density at radius 2 is 1.00 bits per heavy atom. The van der Waals surface area contributed by atoms with Crippen molar-refractivity contribution in [2.75, 3.05) is 7.11 Å². The molecule has 0 aromatic heterocycles. The lowest BCUT2D eigenvalue weighted by atomic mass is 10.1. The molecular weight excluding hydrogens is 359 g/mol. The van der Waals surface area contributed by atoms with Gasteiger partial charge in [-0.2, -0.15) is 48.3 Å². The second-order valence-electron chi connectivity index (χ2n) is 3.57. The summed E-state index contributed by atoms with van der Waals surface area (Å²) >= 11 is 0. The Morgan fingerprint density at radius 3 is 1.23 bits per heavy atom. The summed E-state index contributed by atoms with van der Waals surface area (Å²) in [4.78, 5) is 0. The minimum absolute atomic E-state index is 0.432. The van der Waals surface area contributed by atoms with Gasteiger partial charge in [-0.05, 0) is 0 Å². The van der Waals surface area contributed by atoms with E-state index < -0.39 is 48.8 Å². The third kappa shape index (κ3) is 2.96. The quantitative estimate of drug-likeness (QED) is 0.650. The van der Waals surface area contributed by atoms with E-state index in [1.807, 2.05) is 0 Å². The van der Waals surface area contributed by atoms with Crippen molar-refractivity contribution >= 4 is 0 Å². The van der Waals surface area contributed by atoms with E-state index in [1.54, 1.807) is 0 Å². The Kier molecular flexibility index (Phi) is 5.15. The van der Waals surface area contributed by atoms with Crippen LogP contribution in [0.3, 0.4) is 0 Å². The number of ether oxygens (including phenoxy) is 1. The number of alkyl halides is 11. The largest absolute Gasteiger partial charge is 0.460 e. The fraction of sp³-hybridized carbons (Fsp3) is 0.750. The summed E-state index contributed by atoms with van der Waals surface area (Å²) in [5.41, 5.74) is 0. The molecule has 0 aliphatic rings. The van der Waals surface area contributed by atoms with Gasteiger partial charge in [-0.15, -0.1) is 0 Å². The summed E-state index contributed by atoms with van der Waals surface area (Å²) in [5.74, 6) is -29.1. The van der Waals surface area contributed by atoms with Crippen LogP contribution in [0.5, 0.6) is 0 Å². The van der Waals surface area contributed by atoms with E-state index in [1.165, 1.54) is 0 Å². The second kappa shape index (κ2) is 5.45. The highest BCUT2D eigenvalue weighted by Gasteiger charge is 2.76. The molecule has 22 heavy (non-hydrogen) atoms. The maximum absolute atomic E-state index is 13.3. The maximum atomic E-state index is 13.3. The fourth-order valence-corrected chi connectivity index (χ4v) is 0.941. The van der Waals surface area contributed by atoms with E-state index in [4.69, 9.17) is 0 Å². The molecule has 0 aliphatic carbocycles. The number of rotatable bonds is 4. The van der Waals surface area contributed by atoms with Gasteiger partial charge in [0.1, 0.15) is 0 Å². The van der Waals surface area contributed by atoms with Crippen molar-refractivity contribution in [2.45, 2.75) is 30.1 Å². The van der Waals surface area contributed by atoms with Gasteiger partial charge in [0.05, 0.1) is 0 Å². The molecule has 132 valence electrons. The highest BCUT2D eigenvalue weighted by atomic mass is 19.4. The molecule has 1 nitrogen and oxygen atoms in total. The topological polar surface area (TPSA) is 9.23 Å². The standard InChI is InChI=1S/C8H3F13O/c1-22-5(13,6(14,15)8(19,20)21)3(10)2(9)4(11,12)7(16,17)18/h1H3/b3-2+/t5-/m1/s1. The highest BCUT2D eigenvalue weighted by Crippen LogP contribution is 2.53. The van der Waals surface area contributed by atoms with E-state index >= 15 is 0 Å². The van der Waals surface area contributed by atoms with Crippen LogP contribution in [0.25, 0.3) is 0 Å². The molecule has 0 bridgehead atoms. The monoisotopic (exact) mass is 362 g/mol. The molecule has 0 rings (SSSR count). The molecule has 0 aliphatic heterocycles. The molecule has 0 saturated carbocycles. The lowest BCUT2D eigenvalue weighted by Crippen LogP contribution is -2.56. The number of allylic oxidation sites excluding steroid dienone is 1. The van der Waals surface area contributed by atoms with Crippen LogP contribution in [0.1, 0.15) is 0 Å². The Hall–Kier alpha value is -1.21. The molecular formula is C8H3F13O. The third-order valence-electron chi connectivity index (χ3n) is 2.15. The van der Waals surface area contributed by atoms with Crippen molar-refractivity contribution in [1.82, 2.24) is 0 Å². The molecule has 0 unspecified atom stereocenters. The number of hydrogen-bond donors (Lipinski definition) is 0. The molecule has 0 heterocycles. The van der Waals surface area contributed by atoms with E-state index in [9.17, 15) is 57.1 Å². The van der Waals surface area contributed by atoms with Gasteiger partial charge in [0.2, 0.25) is 11.7 Å². The van der Waals surface area contributed by atoms with Gasteiger partial charge in [-0.25, -0.2) is 8.78 Å². The number of hydrogen-bond acceptors (Lipinski definition) is 1. The minimum Gasteiger partial charge on any atom is -0.339 e. The minimum atomic E-state index is -7.00. The van der Waals surface area contributed by atoms with Crippen LogP contribution >= 0.6 is 0 Å². The smallest absolute Gasteiger partial charge is 0.339 e. The van der Waals surface area contributed by atoms with Crippen molar-refractivity contribution in [1.29, 1.82) is 0 Å². The summed E-state index contributed by atoms with van der Waals surface area (Å²) in [5, 5.41) is 0. The van der Waals surface area contributed by atoms with Gasteiger partial charge in [0.25, 0.3) is 0 Å². The van der Waals surface area contributed by atoms with E-state index in [-0.39, 0.29) is 0 Å². The average Bonchev–Trinajstić information content (AvgIpc) is 2.32. The third-order valence-corrected chi connectivity index (χ3v) is 2.15. The summed E-state index contributed by atoms with van der Waals surface area (Å²) in [6.45, 7) is 0. The van der Waals surface area contributed by atoms with Gasteiger partial charge in [-0.3, -0.25) is 0 Å². The van der Waals surface area contributed by atoms with Crippen molar-refractivity contribution < 1.29 is 61.8 Å². The normalized spacial score (nSPS) is 18.8. The number of methoxy groups -OCH3 is 1. The summed E-state index contributed by atoms with van der Waals surface area (Å²) < 4.78 is 162. The van der Waals surface area contributed by atoms with Gasteiger partial charge in [0, 0.05) is 7.11 Å².